The minimum Gasteiger partial charge on any atom is -0.481 e. The van der Waals surface area contributed by atoms with Crippen molar-refractivity contribution >= 4 is 17.6 Å². The molecule has 0 radical (unpaired) electrons. The van der Waals surface area contributed by atoms with Crippen LogP contribution in [-0.4, -0.2) is 17.0 Å². The van der Waals surface area contributed by atoms with Crippen LogP contribution < -0.4 is 5.32 Å². The fraction of sp³-hybridized carbons (Fsp3) is 0.529. The van der Waals surface area contributed by atoms with E-state index in [1.165, 1.54) is 0 Å². The molecule has 2 atom stereocenters. The van der Waals surface area contributed by atoms with Gasteiger partial charge in [-0.1, -0.05) is 12.1 Å². The third-order valence-corrected chi connectivity index (χ3v) is 5.09. The van der Waals surface area contributed by atoms with Crippen LogP contribution >= 0.6 is 0 Å². The van der Waals surface area contributed by atoms with Crippen LogP contribution in [0, 0.1) is 30.6 Å². The highest BCUT2D eigenvalue weighted by molar-refractivity contribution is 5.95. The number of carboxylic acids is 1. The van der Waals surface area contributed by atoms with Crippen molar-refractivity contribution in [3.8, 4) is 0 Å². The van der Waals surface area contributed by atoms with E-state index in [2.05, 4.69) is 5.32 Å². The Kier molecular flexibility index (Phi) is 3.70. The van der Waals surface area contributed by atoms with Crippen molar-refractivity contribution in [1.82, 2.24) is 0 Å². The van der Waals surface area contributed by atoms with Gasteiger partial charge < -0.3 is 10.4 Å². The first-order valence-electron chi connectivity index (χ1n) is 7.66. The number of amides is 1. The van der Waals surface area contributed by atoms with Gasteiger partial charge in [-0.3, -0.25) is 9.59 Å². The number of hydrogen-bond acceptors (Lipinski definition) is 2. The molecule has 3 fully saturated rings. The number of aryl methyl sites for hydroxylation is 1. The van der Waals surface area contributed by atoms with Crippen molar-refractivity contribution in [2.24, 2.45) is 23.7 Å². The number of rotatable bonds is 3. The second-order valence-corrected chi connectivity index (χ2v) is 6.42. The fourth-order valence-corrected chi connectivity index (χ4v) is 4.13. The van der Waals surface area contributed by atoms with E-state index < -0.39 is 11.9 Å². The third kappa shape index (κ3) is 2.67. The van der Waals surface area contributed by atoms with Gasteiger partial charge in [-0.2, -0.15) is 0 Å². The van der Waals surface area contributed by atoms with Gasteiger partial charge in [-0.05, 0) is 62.1 Å². The van der Waals surface area contributed by atoms with E-state index in [9.17, 15) is 14.7 Å². The molecule has 0 aromatic heterocycles. The van der Waals surface area contributed by atoms with Crippen LogP contribution in [0.25, 0.3) is 0 Å². The minimum atomic E-state index is -0.811. The SMILES string of the molecule is Cc1cccc(NC(=O)[C@H]2C3CCC(CC3)[C@H]2C(=O)O)c1. The van der Waals surface area contributed by atoms with Gasteiger partial charge in [0.05, 0.1) is 11.8 Å². The number of carbonyl (C=O) groups is 2. The average molecular weight is 287 g/mol. The van der Waals surface area contributed by atoms with Gasteiger partial charge in [-0.25, -0.2) is 0 Å². The molecule has 3 aliphatic rings. The molecule has 4 heteroatoms. The van der Waals surface area contributed by atoms with E-state index >= 15 is 0 Å². The normalized spacial score (nSPS) is 30.9. The number of hydrogen-bond donors (Lipinski definition) is 2. The number of carboxylic acid groups (broad SMARTS) is 1. The molecule has 1 aromatic carbocycles. The Morgan fingerprint density at radius 2 is 1.71 bits per heavy atom. The lowest BCUT2D eigenvalue weighted by molar-refractivity contribution is -0.156. The zero-order chi connectivity index (χ0) is 15.0. The molecule has 2 bridgehead atoms. The summed E-state index contributed by atoms with van der Waals surface area (Å²) >= 11 is 0. The molecule has 1 aromatic rings. The van der Waals surface area contributed by atoms with Crippen molar-refractivity contribution in [3.63, 3.8) is 0 Å². The Bertz CT molecular complexity index is 561. The molecule has 0 spiro atoms. The Labute approximate surface area is 124 Å². The second kappa shape index (κ2) is 5.51. The predicted molar refractivity (Wildman–Crippen MR) is 79.9 cm³/mol. The second-order valence-electron chi connectivity index (χ2n) is 6.42. The molecule has 0 saturated heterocycles. The number of aliphatic carboxylic acids is 1. The van der Waals surface area contributed by atoms with E-state index in [1.807, 2.05) is 31.2 Å². The average Bonchev–Trinajstić information content (AvgIpc) is 2.47. The molecule has 112 valence electrons. The maximum absolute atomic E-state index is 12.6. The summed E-state index contributed by atoms with van der Waals surface area (Å²) in [7, 11) is 0. The summed E-state index contributed by atoms with van der Waals surface area (Å²) in [6.07, 6.45) is 3.88. The summed E-state index contributed by atoms with van der Waals surface area (Å²) in [5.74, 6) is -1.43. The molecule has 4 nitrogen and oxygen atoms in total. The number of nitrogens with one attached hydrogen (secondary N) is 1. The van der Waals surface area contributed by atoms with Gasteiger partial charge in [-0.15, -0.1) is 0 Å². The van der Waals surface area contributed by atoms with Gasteiger partial charge in [0, 0.05) is 5.69 Å². The minimum absolute atomic E-state index is 0.123. The largest absolute Gasteiger partial charge is 0.481 e. The highest BCUT2D eigenvalue weighted by atomic mass is 16.4. The molecule has 4 rings (SSSR count). The Morgan fingerprint density at radius 1 is 1.10 bits per heavy atom. The Morgan fingerprint density at radius 3 is 2.29 bits per heavy atom. The van der Waals surface area contributed by atoms with E-state index in [-0.39, 0.29) is 23.7 Å². The maximum atomic E-state index is 12.6. The van der Waals surface area contributed by atoms with Gasteiger partial charge in [0.2, 0.25) is 5.91 Å². The first-order valence-corrected chi connectivity index (χ1v) is 7.66. The lowest BCUT2D eigenvalue weighted by Gasteiger charge is -2.45. The zero-order valence-electron chi connectivity index (χ0n) is 12.2. The molecule has 1 amide bonds. The molecule has 0 heterocycles. The molecular formula is C17H21NO3. The number of fused-ring (bicyclic) bond motifs is 3. The number of benzene rings is 1. The quantitative estimate of drug-likeness (QED) is 0.898. The first kappa shape index (κ1) is 14.1. The molecule has 0 unspecified atom stereocenters. The number of carbonyl (C=O) groups excluding carboxylic acids is 1. The van der Waals surface area contributed by atoms with E-state index in [1.54, 1.807) is 0 Å². The van der Waals surface area contributed by atoms with Crippen LogP contribution in [0.4, 0.5) is 5.69 Å². The van der Waals surface area contributed by atoms with Gasteiger partial charge >= 0.3 is 5.97 Å². The highest BCUT2D eigenvalue weighted by Gasteiger charge is 2.50. The van der Waals surface area contributed by atoms with Crippen LogP contribution in [-0.2, 0) is 9.59 Å². The van der Waals surface area contributed by atoms with Crippen molar-refractivity contribution in [2.75, 3.05) is 5.32 Å². The lowest BCUT2D eigenvalue weighted by Crippen LogP contribution is -2.49. The standard InChI is InChI=1S/C17H21NO3/c1-10-3-2-4-13(9-10)18-16(19)14-11-5-7-12(8-6-11)15(14)17(20)21/h2-4,9,11-12,14-15H,5-8H2,1H3,(H,18,19)(H,20,21)/t11?,12?,14-,15+/m0/s1. The van der Waals surface area contributed by atoms with E-state index in [0.29, 0.717) is 0 Å². The van der Waals surface area contributed by atoms with E-state index in [4.69, 9.17) is 0 Å². The summed E-state index contributed by atoms with van der Waals surface area (Å²) in [5.41, 5.74) is 1.83. The molecular weight excluding hydrogens is 266 g/mol. The third-order valence-electron chi connectivity index (χ3n) is 5.09. The van der Waals surface area contributed by atoms with Gasteiger partial charge in [0.15, 0.2) is 0 Å². The van der Waals surface area contributed by atoms with Crippen LogP contribution in [0.15, 0.2) is 24.3 Å². The monoisotopic (exact) mass is 287 g/mol. The molecule has 3 saturated carbocycles. The summed E-state index contributed by atoms with van der Waals surface area (Å²) < 4.78 is 0. The van der Waals surface area contributed by atoms with Crippen LogP contribution in [0.3, 0.4) is 0 Å². The van der Waals surface area contributed by atoms with Crippen molar-refractivity contribution < 1.29 is 14.7 Å². The fourth-order valence-electron chi connectivity index (χ4n) is 4.13. The number of anilines is 1. The Hall–Kier alpha value is -1.84. The lowest BCUT2D eigenvalue weighted by atomic mass is 9.58. The topological polar surface area (TPSA) is 66.4 Å². The first-order chi connectivity index (χ1) is 10.1. The van der Waals surface area contributed by atoms with Crippen LogP contribution in [0.1, 0.15) is 31.2 Å². The highest BCUT2D eigenvalue weighted by Crippen LogP contribution is 2.49. The zero-order valence-corrected chi connectivity index (χ0v) is 12.2. The maximum Gasteiger partial charge on any atom is 0.307 e. The molecule has 2 N–H and O–H groups in total. The van der Waals surface area contributed by atoms with Gasteiger partial charge in [0.25, 0.3) is 0 Å². The summed E-state index contributed by atoms with van der Waals surface area (Å²) in [6, 6.07) is 7.63. The summed E-state index contributed by atoms with van der Waals surface area (Å²) in [4.78, 5) is 24.2. The van der Waals surface area contributed by atoms with Gasteiger partial charge in [0.1, 0.15) is 0 Å². The molecule has 21 heavy (non-hydrogen) atoms. The van der Waals surface area contributed by atoms with Crippen LogP contribution in [0.5, 0.6) is 0 Å². The summed E-state index contributed by atoms with van der Waals surface area (Å²) in [5, 5.41) is 12.4. The smallest absolute Gasteiger partial charge is 0.307 e. The van der Waals surface area contributed by atoms with E-state index in [0.717, 1.165) is 36.9 Å². The van der Waals surface area contributed by atoms with Crippen molar-refractivity contribution in [1.29, 1.82) is 0 Å². The van der Waals surface area contributed by atoms with Crippen molar-refractivity contribution in [2.45, 2.75) is 32.6 Å². The van der Waals surface area contributed by atoms with Crippen molar-refractivity contribution in [3.05, 3.63) is 29.8 Å². The predicted octanol–water partition coefficient (Wildman–Crippen LogP) is 3.07. The molecule has 3 aliphatic carbocycles. The summed E-state index contributed by atoms with van der Waals surface area (Å²) in [6.45, 7) is 1.97. The molecule has 0 aliphatic heterocycles. The van der Waals surface area contributed by atoms with Crippen LogP contribution in [0.2, 0.25) is 0 Å². The Balaban J connectivity index is 1.80.